The minimum absolute atomic E-state index is 0.559. The van der Waals surface area contributed by atoms with Crippen LogP contribution in [0.4, 0.5) is 0 Å². The van der Waals surface area contributed by atoms with Crippen molar-refractivity contribution in [1.82, 2.24) is 14.9 Å². The Morgan fingerprint density at radius 2 is 2.20 bits per heavy atom. The lowest BCUT2D eigenvalue weighted by Gasteiger charge is -2.15. The van der Waals surface area contributed by atoms with Crippen LogP contribution < -0.4 is 10.1 Å². The van der Waals surface area contributed by atoms with E-state index in [1.165, 1.54) is 5.56 Å². The van der Waals surface area contributed by atoms with Gasteiger partial charge in [0.2, 0.25) is 0 Å². The molecular formula is C16H23N3O. The lowest BCUT2D eigenvalue weighted by atomic mass is 10.1. The van der Waals surface area contributed by atoms with Crippen molar-refractivity contribution in [3.8, 4) is 5.75 Å². The van der Waals surface area contributed by atoms with Gasteiger partial charge in [-0.15, -0.1) is 0 Å². The Bertz CT molecular complexity index is 496. The maximum atomic E-state index is 5.63. The molecule has 4 nitrogen and oxygen atoms in total. The van der Waals surface area contributed by atoms with Gasteiger partial charge in [0.05, 0.1) is 12.9 Å². The molecule has 0 aliphatic heterocycles. The fourth-order valence-electron chi connectivity index (χ4n) is 2.22. The predicted octanol–water partition coefficient (Wildman–Crippen LogP) is 2.71. The molecule has 20 heavy (non-hydrogen) atoms. The highest BCUT2D eigenvalue weighted by Crippen LogP contribution is 2.17. The highest BCUT2D eigenvalue weighted by molar-refractivity contribution is 5.33. The normalized spacial score (nSPS) is 12.3. The average Bonchev–Trinajstić information content (AvgIpc) is 2.94. The van der Waals surface area contributed by atoms with E-state index in [0.29, 0.717) is 12.5 Å². The summed E-state index contributed by atoms with van der Waals surface area (Å²) in [4.78, 5) is 4.06. The number of nitrogens with zero attached hydrogens (tertiary/aromatic N) is 2. The fraction of sp³-hybridized carbons (Fsp3) is 0.438. The summed E-state index contributed by atoms with van der Waals surface area (Å²) in [6.45, 7) is 7.75. The highest BCUT2D eigenvalue weighted by Gasteiger charge is 2.05. The number of imidazole rings is 1. The molecule has 0 spiro atoms. The maximum Gasteiger partial charge on any atom is 0.123 e. The minimum Gasteiger partial charge on any atom is -0.494 e. The van der Waals surface area contributed by atoms with Crippen molar-refractivity contribution in [2.45, 2.75) is 26.9 Å². The third kappa shape index (κ3) is 4.38. The first-order valence-electron chi connectivity index (χ1n) is 7.16. The van der Waals surface area contributed by atoms with Gasteiger partial charge in [-0.25, -0.2) is 4.98 Å². The van der Waals surface area contributed by atoms with E-state index in [1.807, 2.05) is 37.8 Å². The zero-order valence-corrected chi connectivity index (χ0v) is 12.2. The van der Waals surface area contributed by atoms with E-state index < -0.39 is 0 Å². The van der Waals surface area contributed by atoms with E-state index >= 15 is 0 Å². The van der Waals surface area contributed by atoms with Crippen LogP contribution in [-0.2, 0) is 13.1 Å². The standard InChI is InChI=1S/C16H23N3O/c1-3-20-16-7-5-4-6-15(16)11-18-10-14(2)12-19-9-8-17-13-19/h4-9,13-14,18H,3,10-12H2,1-2H3/t14-/m1/s1. The molecule has 108 valence electrons. The first-order valence-corrected chi connectivity index (χ1v) is 7.16. The van der Waals surface area contributed by atoms with Gasteiger partial charge < -0.3 is 14.6 Å². The second-order valence-corrected chi connectivity index (χ2v) is 5.04. The molecule has 1 aromatic heterocycles. The topological polar surface area (TPSA) is 39.1 Å². The lowest BCUT2D eigenvalue weighted by Crippen LogP contribution is -2.23. The van der Waals surface area contributed by atoms with E-state index in [2.05, 4.69) is 33.9 Å². The summed E-state index contributed by atoms with van der Waals surface area (Å²) in [5.74, 6) is 1.54. The number of para-hydroxylation sites is 1. The number of benzene rings is 1. The van der Waals surface area contributed by atoms with E-state index in [9.17, 15) is 0 Å². The molecule has 0 aliphatic carbocycles. The quantitative estimate of drug-likeness (QED) is 0.804. The second kappa shape index (κ2) is 7.70. The molecular weight excluding hydrogens is 250 g/mol. The Morgan fingerprint density at radius 3 is 2.95 bits per heavy atom. The van der Waals surface area contributed by atoms with Crippen LogP contribution >= 0.6 is 0 Å². The van der Waals surface area contributed by atoms with Gasteiger partial charge in [0.1, 0.15) is 5.75 Å². The molecule has 4 heteroatoms. The summed E-state index contributed by atoms with van der Waals surface area (Å²) in [7, 11) is 0. The van der Waals surface area contributed by atoms with Crippen LogP contribution in [0.2, 0.25) is 0 Å². The summed E-state index contributed by atoms with van der Waals surface area (Å²) in [5, 5.41) is 3.50. The summed E-state index contributed by atoms with van der Waals surface area (Å²) in [6, 6.07) is 8.19. The van der Waals surface area contributed by atoms with Crippen molar-refractivity contribution < 1.29 is 4.74 Å². The van der Waals surface area contributed by atoms with E-state index in [4.69, 9.17) is 4.74 Å². The summed E-state index contributed by atoms with van der Waals surface area (Å²) < 4.78 is 7.74. The van der Waals surface area contributed by atoms with Gasteiger partial charge in [-0.2, -0.15) is 0 Å². The van der Waals surface area contributed by atoms with E-state index in [-0.39, 0.29) is 0 Å². The van der Waals surface area contributed by atoms with Crippen LogP contribution in [0.3, 0.4) is 0 Å². The van der Waals surface area contributed by atoms with Crippen molar-refractivity contribution in [2.24, 2.45) is 5.92 Å². The van der Waals surface area contributed by atoms with Crippen LogP contribution in [0.15, 0.2) is 43.0 Å². The van der Waals surface area contributed by atoms with Crippen molar-refractivity contribution in [1.29, 1.82) is 0 Å². The molecule has 1 aromatic carbocycles. The Hall–Kier alpha value is -1.81. The first kappa shape index (κ1) is 14.6. The Labute approximate surface area is 120 Å². The Morgan fingerprint density at radius 1 is 1.35 bits per heavy atom. The highest BCUT2D eigenvalue weighted by atomic mass is 16.5. The van der Waals surface area contributed by atoms with Crippen LogP contribution in [0.5, 0.6) is 5.75 Å². The molecule has 0 aliphatic rings. The van der Waals surface area contributed by atoms with Gasteiger partial charge in [0.15, 0.2) is 0 Å². The van der Waals surface area contributed by atoms with Gasteiger partial charge in [-0.1, -0.05) is 25.1 Å². The number of ether oxygens (including phenoxy) is 1. The Balaban J connectivity index is 1.77. The van der Waals surface area contributed by atoms with Crippen LogP contribution in [0.1, 0.15) is 19.4 Å². The monoisotopic (exact) mass is 273 g/mol. The zero-order valence-electron chi connectivity index (χ0n) is 12.2. The maximum absolute atomic E-state index is 5.63. The largest absolute Gasteiger partial charge is 0.494 e. The van der Waals surface area contributed by atoms with Crippen LogP contribution in [0, 0.1) is 5.92 Å². The van der Waals surface area contributed by atoms with Crippen molar-refractivity contribution in [3.63, 3.8) is 0 Å². The average molecular weight is 273 g/mol. The van der Waals surface area contributed by atoms with Gasteiger partial charge in [-0.05, 0) is 25.5 Å². The number of aromatic nitrogens is 2. The molecule has 1 atom stereocenters. The molecule has 2 rings (SSSR count). The van der Waals surface area contributed by atoms with Gasteiger partial charge in [0, 0.05) is 31.0 Å². The van der Waals surface area contributed by atoms with Crippen molar-refractivity contribution >= 4 is 0 Å². The molecule has 0 unspecified atom stereocenters. The molecule has 2 aromatic rings. The van der Waals surface area contributed by atoms with Crippen molar-refractivity contribution in [2.75, 3.05) is 13.2 Å². The molecule has 1 heterocycles. The number of hydrogen-bond acceptors (Lipinski definition) is 3. The predicted molar refractivity (Wildman–Crippen MR) is 80.7 cm³/mol. The van der Waals surface area contributed by atoms with E-state index in [1.54, 1.807) is 0 Å². The number of rotatable bonds is 8. The molecule has 0 bridgehead atoms. The molecule has 0 saturated carbocycles. The van der Waals surface area contributed by atoms with Crippen LogP contribution in [0.25, 0.3) is 0 Å². The third-order valence-electron chi connectivity index (χ3n) is 3.16. The van der Waals surface area contributed by atoms with Crippen LogP contribution in [-0.4, -0.2) is 22.7 Å². The molecule has 1 N–H and O–H groups in total. The minimum atomic E-state index is 0.559. The van der Waals surface area contributed by atoms with Gasteiger partial charge >= 0.3 is 0 Å². The summed E-state index contributed by atoms with van der Waals surface area (Å²) in [6.07, 6.45) is 5.68. The SMILES string of the molecule is CCOc1ccccc1CNC[C@@H](C)Cn1ccnc1. The smallest absolute Gasteiger partial charge is 0.123 e. The summed E-state index contributed by atoms with van der Waals surface area (Å²) >= 11 is 0. The Kier molecular flexibility index (Phi) is 5.62. The molecule has 0 radical (unpaired) electrons. The molecule has 0 amide bonds. The number of hydrogen-bond donors (Lipinski definition) is 1. The first-order chi connectivity index (χ1) is 9.79. The van der Waals surface area contributed by atoms with E-state index in [0.717, 1.165) is 25.4 Å². The molecule has 0 fully saturated rings. The molecule has 0 saturated heterocycles. The second-order valence-electron chi connectivity index (χ2n) is 5.04. The van der Waals surface area contributed by atoms with Gasteiger partial charge in [-0.3, -0.25) is 0 Å². The van der Waals surface area contributed by atoms with Gasteiger partial charge in [0.25, 0.3) is 0 Å². The zero-order chi connectivity index (χ0) is 14.2. The van der Waals surface area contributed by atoms with Crippen molar-refractivity contribution in [3.05, 3.63) is 48.5 Å². The fourth-order valence-corrected chi connectivity index (χ4v) is 2.22. The lowest BCUT2D eigenvalue weighted by molar-refractivity contribution is 0.334. The summed E-state index contributed by atoms with van der Waals surface area (Å²) in [5.41, 5.74) is 1.21. The number of nitrogens with one attached hydrogen (secondary N) is 1. The third-order valence-corrected chi connectivity index (χ3v) is 3.16.